The minimum atomic E-state index is -0.594. The molecule has 0 aliphatic rings. The van der Waals surface area contributed by atoms with Gasteiger partial charge in [-0.25, -0.2) is 0 Å². The normalized spacial score (nSPS) is 13.1. The Morgan fingerprint density at radius 2 is 1.89 bits per heavy atom. The topological polar surface area (TPSA) is 85.1 Å². The number of non-ortho nitro benzene ring substituents is 1. The summed E-state index contributed by atoms with van der Waals surface area (Å²) < 4.78 is 0. The number of para-hydroxylation sites is 1. The molecule has 7 heteroatoms. The average molecular weight is 395 g/mol. The van der Waals surface area contributed by atoms with Crippen LogP contribution in [0.25, 0.3) is 10.9 Å². The Morgan fingerprint density at radius 1 is 1.18 bits per heavy atom. The van der Waals surface area contributed by atoms with Crippen LogP contribution in [-0.2, 0) is 4.79 Å². The third-order valence-electron chi connectivity index (χ3n) is 4.81. The molecule has 0 fully saturated rings. The second-order valence-electron chi connectivity index (χ2n) is 6.79. The van der Waals surface area contributed by atoms with Crippen molar-refractivity contribution in [2.24, 2.45) is 5.41 Å². The van der Waals surface area contributed by atoms with Crippen molar-refractivity contribution in [2.45, 2.75) is 25.2 Å². The van der Waals surface area contributed by atoms with Gasteiger partial charge in [-0.2, -0.15) is 0 Å². The lowest BCUT2D eigenvalue weighted by atomic mass is 9.88. The van der Waals surface area contributed by atoms with Crippen molar-refractivity contribution in [2.75, 3.05) is 11.1 Å². The zero-order chi connectivity index (χ0) is 20.1. The number of aromatic nitrogens is 1. The molecule has 1 N–H and O–H groups in total. The maximum absolute atomic E-state index is 13.0. The lowest BCUT2D eigenvalue weighted by molar-refractivity contribution is -0.384. The summed E-state index contributed by atoms with van der Waals surface area (Å²) in [5.74, 6) is 0.494. The number of carbonyl (C=O) groups is 1. The fourth-order valence-electron chi connectivity index (χ4n) is 2.71. The van der Waals surface area contributed by atoms with Gasteiger partial charge in [0.1, 0.15) is 0 Å². The molecule has 1 aromatic heterocycles. The van der Waals surface area contributed by atoms with Gasteiger partial charge in [0.05, 0.1) is 21.5 Å². The van der Waals surface area contributed by atoms with Crippen LogP contribution in [0.1, 0.15) is 20.3 Å². The summed E-state index contributed by atoms with van der Waals surface area (Å²) in [5, 5.41) is 14.8. The van der Waals surface area contributed by atoms with Gasteiger partial charge in [0, 0.05) is 34.4 Å². The first-order valence-corrected chi connectivity index (χ1v) is 9.94. The highest BCUT2D eigenvalue weighted by atomic mass is 32.2. The maximum Gasteiger partial charge on any atom is 0.269 e. The number of carbonyl (C=O) groups excluding carboxylic acids is 1. The van der Waals surface area contributed by atoms with Crippen LogP contribution < -0.4 is 5.32 Å². The van der Waals surface area contributed by atoms with Crippen LogP contribution in [0.15, 0.2) is 65.7 Å². The molecule has 0 aliphatic carbocycles. The first kappa shape index (κ1) is 19.8. The fourth-order valence-corrected chi connectivity index (χ4v) is 3.86. The van der Waals surface area contributed by atoms with Crippen molar-refractivity contribution in [1.82, 2.24) is 4.98 Å². The summed E-state index contributed by atoms with van der Waals surface area (Å²) in [5.41, 5.74) is 0.926. The van der Waals surface area contributed by atoms with E-state index in [1.165, 1.54) is 23.9 Å². The van der Waals surface area contributed by atoms with Gasteiger partial charge in [0.2, 0.25) is 5.91 Å². The van der Waals surface area contributed by atoms with E-state index in [1.54, 1.807) is 18.3 Å². The smallest absolute Gasteiger partial charge is 0.269 e. The number of hydrogen-bond acceptors (Lipinski definition) is 5. The number of nitro benzene ring substituents is 1. The highest BCUT2D eigenvalue weighted by Gasteiger charge is 2.32. The lowest BCUT2D eigenvalue weighted by Gasteiger charge is -2.26. The van der Waals surface area contributed by atoms with E-state index in [0.29, 0.717) is 17.9 Å². The Labute approximate surface area is 167 Å². The summed E-state index contributed by atoms with van der Waals surface area (Å²) in [7, 11) is 0. The summed E-state index contributed by atoms with van der Waals surface area (Å²) >= 11 is 1.52. The van der Waals surface area contributed by atoms with Gasteiger partial charge < -0.3 is 5.32 Å². The van der Waals surface area contributed by atoms with Crippen molar-refractivity contribution < 1.29 is 9.72 Å². The number of nitro groups is 1. The molecule has 3 aromatic rings. The average Bonchev–Trinajstić information content (AvgIpc) is 2.72. The first-order chi connectivity index (χ1) is 13.4. The molecule has 1 atom stereocenters. The number of rotatable bonds is 7. The van der Waals surface area contributed by atoms with Crippen LogP contribution in [0.4, 0.5) is 11.4 Å². The Morgan fingerprint density at radius 3 is 2.57 bits per heavy atom. The van der Waals surface area contributed by atoms with E-state index < -0.39 is 10.3 Å². The predicted octanol–water partition coefficient (Wildman–Crippen LogP) is 5.29. The molecule has 0 saturated heterocycles. The van der Waals surface area contributed by atoms with Crippen molar-refractivity contribution in [3.8, 4) is 0 Å². The molecule has 3 rings (SSSR count). The number of hydrogen-bond donors (Lipinski definition) is 1. The standard InChI is InChI=1S/C21H21N3O3S/c1-3-21(2,14-28-17-11-9-16(10-12-17)24(26)27)20(25)23-18-8-4-6-15-7-5-13-22-19(15)18/h4-13H,3,14H2,1-2H3,(H,23,25). The number of thioether (sulfide) groups is 1. The Kier molecular flexibility index (Phi) is 5.94. The second kappa shape index (κ2) is 8.39. The van der Waals surface area contributed by atoms with E-state index in [1.807, 2.05) is 44.2 Å². The summed E-state index contributed by atoms with van der Waals surface area (Å²) in [6.45, 7) is 3.91. The van der Waals surface area contributed by atoms with Crippen LogP contribution in [-0.4, -0.2) is 21.6 Å². The molecule has 2 aromatic carbocycles. The molecule has 1 amide bonds. The lowest BCUT2D eigenvalue weighted by Crippen LogP contribution is -2.35. The minimum absolute atomic E-state index is 0.0591. The molecule has 144 valence electrons. The SMILES string of the molecule is CCC(C)(CSc1ccc([N+](=O)[O-])cc1)C(=O)Nc1cccc2cccnc12. The maximum atomic E-state index is 13.0. The molecular weight excluding hydrogens is 374 g/mol. The molecule has 1 unspecified atom stereocenters. The zero-order valence-corrected chi connectivity index (χ0v) is 16.5. The number of pyridine rings is 1. The summed E-state index contributed by atoms with van der Waals surface area (Å²) in [6, 6.07) is 15.9. The number of nitrogens with zero attached hydrogens (tertiary/aromatic N) is 2. The number of fused-ring (bicyclic) bond motifs is 1. The van der Waals surface area contributed by atoms with E-state index in [4.69, 9.17) is 0 Å². The number of amides is 1. The van der Waals surface area contributed by atoms with Gasteiger partial charge in [-0.05, 0) is 37.6 Å². The highest BCUT2D eigenvalue weighted by molar-refractivity contribution is 7.99. The Balaban J connectivity index is 1.73. The molecule has 0 bridgehead atoms. The molecule has 0 saturated carbocycles. The van der Waals surface area contributed by atoms with Crippen LogP contribution in [0.5, 0.6) is 0 Å². The predicted molar refractivity (Wildman–Crippen MR) is 113 cm³/mol. The molecule has 1 heterocycles. The van der Waals surface area contributed by atoms with Gasteiger partial charge in [-0.3, -0.25) is 19.9 Å². The summed E-state index contributed by atoms with van der Waals surface area (Å²) in [4.78, 5) is 28.7. The largest absolute Gasteiger partial charge is 0.324 e. The van der Waals surface area contributed by atoms with E-state index >= 15 is 0 Å². The molecule has 0 aliphatic heterocycles. The van der Waals surface area contributed by atoms with Gasteiger partial charge in [-0.15, -0.1) is 11.8 Å². The molecule has 28 heavy (non-hydrogen) atoms. The molecular formula is C21H21N3O3S. The second-order valence-corrected chi connectivity index (χ2v) is 7.84. The first-order valence-electron chi connectivity index (χ1n) is 8.95. The third kappa shape index (κ3) is 4.31. The summed E-state index contributed by atoms with van der Waals surface area (Å²) in [6.07, 6.45) is 2.37. The Hall–Kier alpha value is -2.93. The van der Waals surface area contributed by atoms with E-state index in [-0.39, 0.29) is 11.6 Å². The van der Waals surface area contributed by atoms with Crippen LogP contribution in [0, 0.1) is 15.5 Å². The molecule has 0 radical (unpaired) electrons. The van der Waals surface area contributed by atoms with Crippen LogP contribution in [0.2, 0.25) is 0 Å². The monoisotopic (exact) mass is 395 g/mol. The van der Waals surface area contributed by atoms with E-state index in [0.717, 1.165) is 15.8 Å². The van der Waals surface area contributed by atoms with E-state index in [9.17, 15) is 14.9 Å². The van der Waals surface area contributed by atoms with Crippen molar-refractivity contribution in [3.05, 3.63) is 70.9 Å². The zero-order valence-electron chi connectivity index (χ0n) is 15.7. The van der Waals surface area contributed by atoms with Gasteiger partial charge in [0.15, 0.2) is 0 Å². The number of nitrogens with one attached hydrogen (secondary N) is 1. The quantitative estimate of drug-likeness (QED) is 0.334. The van der Waals surface area contributed by atoms with Crippen molar-refractivity contribution in [3.63, 3.8) is 0 Å². The number of benzene rings is 2. The third-order valence-corrected chi connectivity index (χ3v) is 6.20. The Bertz CT molecular complexity index is 1000. The van der Waals surface area contributed by atoms with Gasteiger partial charge in [-0.1, -0.05) is 25.1 Å². The van der Waals surface area contributed by atoms with Crippen molar-refractivity contribution >= 4 is 39.9 Å². The number of anilines is 1. The van der Waals surface area contributed by atoms with Crippen LogP contribution in [0.3, 0.4) is 0 Å². The minimum Gasteiger partial charge on any atom is -0.324 e. The van der Waals surface area contributed by atoms with Gasteiger partial charge >= 0.3 is 0 Å². The van der Waals surface area contributed by atoms with E-state index in [2.05, 4.69) is 10.3 Å². The molecule has 0 spiro atoms. The molecule has 6 nitrogen and oxygen atoms in total. The van der Waals surface area contributed by atoms with Crippen molar-refractivity contribution in [1.29, 1.82) is 0 Å². The van der Waals surface area contributed by atoms with Gasteiger partial charge in [0.25, 0.3) is 5.69 Å². The highest BCUT2D eigenvalue weighted by Crippen LogP contribution is 2.33. The van der Waals surface area contributed by atoms with Crippen LogP contribution >= 0.6 is 11.8 Å². The fraction of sp³-hybridized carbons (Fsp3) is 0.238.